The van der Waals surface area contributed by atoms with Crippen LogP contribution in [-0.2, 0) is 6.18 Å². The lowest BCUT2D eigenvalue weighted by atomic mass is 9.72. The number of hydrogen-bond acceptors (Lipinski definition) is 3. The standard InChI is InChI=1S/C20H23F3N4O/c1-13-10-11-26(17-8-4-2-6-14(13)17)19(28)16-12-27(25-24-16)18-9-5-3-7-15(18)20(21,22)23/h3,5,7,9,12-14,17H,2,4,6,8,10-11H2,1H3/t13-,14+,17+/m1/s1. The molecule has 1 amide bonds. The molecule has 2 aliphatic rings. The Morgan fingerprint density at radius 2 is 1.89 bits per heavy atom. The molecule has 0 N–H and O–H groups in total. The van der Waals surface area contributed by atoms with Gasteiger partial charge >= 0.3 is 6.18 Å². The summed E-state index contributed by atoms with van der Waals surface area (Å²) in [5.41, 5.74) is -0.849. The largest absolute Gasteiger partial charge is 0.418 e. The van der Waals surface area contributed by atoms with Gasteiger partial charge in [-0.1, -0.05) is 37.1 Å². The molecule has 1 aromatic heterocycles. The van der Waals surface area contributed by atoms with E-state index >= 15 is 0 Å². The highest BCUT2D eigenvalue weighted by Crippen LogP contribution is 2.39. The Hall–Kier alpha value is -2.38. The minimum absolute atomic E-state index is 0.0934. The summed E-state index contributed by atoms with van der Waals surface area (Å²) >= 11 is 0. The summed E-state index contributed by atoms with van der Waals surface area (Å²) in [5, 5.41) is 7.72. The summed E-state index contributed by atoms with van der Waals surface area (Å²) in [4.78, 5) is 14.9. The molecular formula is C20H23F3N4O. The van der Waals surface area contributed by atoms with Crippen LogP contribution in [0.1, 0.15) is 55.1 Å². The summed E-state index contributed by atoms with van der Waals surface area (Å²) in [5.74, 6) is 0.843. The number of amides is 1. The second-order valence-electron chi connectivity index (χ2n) is 7.84. The van der Waals surface area contributed by atoms with Crippen LogP contribution in [0.4, 0.5) is 13.2 Å². The van der Waals surface area contributed by atoms with Gasteiger partial charge in [-0.25, -0.2) is 4.68 Å². The van der Waals surface area contributed by atoms with Gasteiger partial charge in [-0.2, -0.15) is 13.2 Å². The van der Waals surface area contributed by atoms with Crippen molar-refractivity contribution in [2.45, 2.75) is 51.2 Å². The molecule has 0 radical (unpaired) electrons. The van der Waals surface area contributed by atoms with Crippen LogP contribution in [0.25, 0.3) is 5.69 Å². The summed E-state index contributed by atoms with van der Waals surface area (Å²) < 4.78 is 40.9. The zero-order valence-electron chi connectivity index (χ0n) is 15.7. The van der Waals surface area contributed by atoms with E-state index < -0.39 is 11.7 Å². The van der Waals surface area contributed by atoms with Gasteiger partial charge in [-0.15, -0.1) is 5.10 Å². The number of carbonyl (C=O) groups excluding carboxylic acids is 1. The van der Waals surface area contributed by atoms with Crippen LogP contribution in [0, 0.1) is 11.8 Å². The van der Waals surface area contributed by atoms with Crippen molar-refractivity contribution in [3.63, 3.8) is 0 Å². The first-order chi connectivity index (χ1) is 13.4. The summed E-state index contributed by atoms with van der Waals surface area (Å²) in [6.45, 7) is 2.91. The monoisotopic (exact) mass is 392 g/mol. The van der Waals surface area contributed by atoms with Crippen molar-refractivity contribution in [2.75, 3.05) is 6.54 Å². The molecule has 2 fully saturated rings. The number of para-hydroxylation sites is 1. The number of alkyl halides is 3. The minimum Gasteiger partial charge on any atom is -0.334 e. The van der Waals surface area contributed by atoms with Crippen molar-refractivity contribution in [1.82, 2.24) is 19.9 Å². The van der Waals surface area contributed by atoms with Crippen LogP contribution >= 0.6 is 0 Å². The Labute approximate surface area is 161 Å². The van der Waals surface area contributed by atoms with Crippen molar-refractivity contribution < 1.29 is 18.0 Å². The highest BCUT2D eigenvalue weighted by atomic mass is 19.4. The van der Waals surface area contributed by atoms with E-state index in [4.69, 9.17) is 0 Å². The Balaban J connectivity index is 1.61. The quantitative estimate of drug-likeness (QED) is 0.765. The Morgan fingerprint density at radius 1 is 1.14 bits per heavy atom. The van der Waals surface area contributed by atoms with Crippen LogP contribution in [0.15, 0.2) is 30.5 Å². The first-order valence-corrected chi connectivity index (χ1v) is 9.76. The van der Waals surface area contributed by atoms with E-state index in [1.54, 1.807) is 0 Å². The fourth-order valence-electron chi connectivity index (χ4n) is 4.71. The van der Waals surface area contributed by atoms with Crippen molar-refractivity contribution in [3.8, 4) is 5.69 Å². The van der Waals surface area contributed by atoms with E-state index in [0.29, 0.717) is 18.4 Å². The van der Waals surface area contributed by atoms with E-state index in [1.807, 2.05) is 4.90 Å². The highest BCUT2D eigenvalue weighted by molar-refractivity contribution is 5.92. The van der Waals surface area contributed by atoms with E-state index in [0.717, 1.165) is 36.4 Å². The third-order valence-corrected chi connectivity index (χ3v) is 6.17. The molecule has 0 unspecified atom stereocenters. The number of aromatic nitrogens is 3. The van der Waals surface area contributed by atoms with Gasteiger partial charge in [0.2, 0.25) is 0 Å². The lowest BCUT2D eigenvalue weighted by molar-refractivity contribution is -0.137. The number of rotatable bonds is 2. The molecule has 5 nitrogen and oxygen atoms in total. The lowest BCUT2D eigenvalue weighted by Gasteiger charge is -2.47. The second-order valence-corrected chi connectivity index (χ2v) is 7.84. The minimum atomic E-state index is -4.51. The number of halogens is 3. The molecule has 1 aliphatic heterocycles. The van der Waals surface area contributed by atoms with Gasteiger partial charge in [-0.05, 0) is 43.2 Å². The smallest absolute Gasteiger partial charge is 0.334 e. The highest BCUT2D eigenvalue weighted by Gasteiger charge is 2.40. The fourth-order valence-corrected chi connectivity index (χ4v) is 4.71. The Bertz CT molecular complexity index is 863. The lowest BCUT2D eigenvalue weighted by Crippen LogP contribution is -2.52. The molecule has 1 aromatic carbocycles. The molecule has 4 rings (SSSR count). The summed E-state index contributed by atoms with van der Waals surface area (Å²) in [6, 6.07) is 5.35. The van der Waals surface area contributed by atoms with E-state index in [-0.39, 0.29) is 23.3 Å². The molecule has 2 heterocycles. The zero-order chi connectivity index (χ0) is 19.9. The number of fused-ring (bicyclic) bond motifs is 1. The SMILES string of the molecule is C[C@@H]1CCN(C(=O)c2cn(-c3ccccc3C(F)(F)F)nn2)[C@H]2CCCC[C@@H]12. The van der Waals surface area contributed by atoms with Crippen molar-refractivity contribution in [1.29, 1.82) is 0 Å². The van der Waals surface area contributed by atoms with Gasteiger partial charge in [0.1, 0.15) is 0 Å². The molecular weight excluding hydrogens is 369 g/mol. The number of benzene rings is 1. The van der Waals surface area contributed by atoms with Gasteiger partial charge in [0.25, 0.3) is 5.91 Å². The van der Waals surface area contributed by atoms with E-state index in [9.17, 15) is 18.0 Å². The normalized spacial score (nSPS) is 25.4. The predicted molar refractivity (Wildman–Crippen MR) is 96.9 cm³/mol. The van der Waals surface area contributed by atoms with Crippen LogP contribution in [0.3, 0.4) is 0 Å². The molecule has 1 saturated carbocycles. The van der Waals surface area contributed by atoms with Crippen LogP contribution < -0.4 is 0 Å². The zero-order valence-corrected chi connectivity index (χ0v) is 15.7. The number of nitrogens with zero attached hydrogens (tertiary/aromatic N) is 4. The molecule has 3 atom stereocenters. The number of piperidine rings is 1. The maximum Gasteiger partial charge on any atom is 0.418 e. The molecule has 28 heavy (non-hydrogen) atoms. The average Bonchev–Trinajstić information content (AvgIpc) is 3.17. The van der Waals surface area contributed by atoms with Gasteiger partial charge < -0.3 is 4.90 Å². The van der Waals surface area contributed by atoms with Crippen molar-refractivity contribution in [2.24, 2.45) is 11.8 Å². The first kappa shape index (κ1) is 19.0. The topological polar surface area (TPSA) is 51.0 Å². The van der Waals surface area contributed by atoms with Gasteiger partial charge in [-0.3, -0.25) is 4.79 Å². The van der Waals surface area contributed by atoms with Crippen molar-refractivity contribution in [3.05, 3.63) is 41.7 Å². The summed E-state index contributed by atoms with van der Waals surface area (Å²) in [6.07, 6.45) is 2.14. The number of likely N-dealkylation sites (tertiary alicyclic amines) is 1. The van der Waals surface area contributed by atoms with E-state index in [2.05, 4.69) is 17.2 Å². The second kappa shape index (κ2) is 7.22. The average molecular weight is 392 g/mol. The molecule has 150 valence electrons. The maximum atomic E-state index is 13.3. The number of hydrogen-bond donors (Lipinski definition) is 0. The van der Waals surface area contributed by atoms with Crippen molar-refractivity contribution >= 4 is 5.91 Å². The maximum absolute atomic E-state index is 13.3. The number of carbonyl (C=O) groups is 1. The molecule has 8 heteroatoms. The van der Waals surface area contributed by atoms with Crippen LogP contribution in [-0.4, -0.2) is 38.4 Å². The molecule has 0 spiro atoms. The predicted octanol–water partition coefficient (Wildman–Crippen LogP) is 4.33. The van der Waals surface area contributed by atoms with Gasteiger partial charge in [0, 0.05) is 12.6 Å². The summed E-state index contributed by atoms with van der Waals surface area (Å²) in [7, 11) is 0. The van der Waals surface area contributed by atoms with Gasteiger partial charge in [0.05, 0.1) is 17.4 Å². The van der Waals surface area contributed by atoms with Crippen LogP contribution in [0.5, 0.6) is 0 Å². The van der Waals surface area contributed by atoms with Gasteiger partial charge in [0.15, 0.2) is 5.69 Å². The first-order valence-electron chi connectivity index (χ1n) is 9.76. The molecule has 1 saturated heterocycles. The van der Waals surface area contributed by atoms with Crippen LogP contribution in [0.2, 0.25) is 0 Å². The third kappa shape index (κ3) is 3.40. The molecule has 0 bridgehead atoms. The third-order valence-electron chi connectivity index (χ3n) is 6.17. The fraction of sp³-hybridized carbons (Fsp3) is 0.550. The molecule has 2 aromatic rings. The Morgan fingerprint density at radius 3 is 2.68 bits per heavy atom. The Kier molecular flexibility index (Phi) is 4.89. The van der Waals surface area contributed by atoms with E-state index in [1.165, 1.54) is 30.8 Å². The molecule has 1 aliphatic carbocycles.